The molecule has 0 atom stereocenters. The third kappa shape index (κ3) is 4.78. The van der Waals surface area contributed by atoms with Crippen molar-refractivity contribution < 1.29 is 9.18 Å². The van der Waals surface area contributed by atoms with Gasteiger partial charge in [0.15, 0.2) is 5.17 Å². The lowest BCUT2D eigenvalue weighted by Crippen LogP contribution is -2.40. The van der Waals surface area contributed by atoms with Gasteiger partial charge in [-0.15, -0.1) is 11.3 Å². The van der Waals surface area contributed by atoms with Gasteiger partial charge in [0.1, 0.15) is 16.9 Å². The van der Waals surface area contributed by atoms with Crippen LogP contribution in [0.25, 0.3) is 11.1 Å². The molecule has 1 amide bonds. The minimum Gasteiger partial charge on any atom is -0.308 e. The predicted octanol–water partition coefficient (Wildman–Crippen LogP) is 7.72. The number of thiophene rings is 1. The minimum absolute atomic E-state index is 0.0249. The standard InChI is InChI=1S/C29H29FN4OS2/c1-17-14-21(19(3)33(17)28-25(16-31)18(2)20(4)36-28)15-26-27(35)34(24-8-6-5-7-9-24)29(37-26)32-23-12-10-22(30)11-13-23/h10-15,24H,5-9H2,1-4H3/b26-15+,32-29?. The predicted molar refractivity (Wildman–Crippen MR) is 150 cm³/mol. The molecule has 3 aromatic rings. The molecule has 1 saturated heterocycles. The number of hydrogen-bond acceptors (Lipinski definition) is 5. The van der Waals surface area contributed by atoms with Crippen LogP contribution in [0.3, 0.4) is 0 Å². The Morgan fingerprint density at radius 2 is 1.81 bits per heavy atom. The van der Waals surface area contributed by atoms with E-state index in [4.69, 9.17) is 4.99 Å². The molecule has 0 N–H and O–H groups in total. The maximum Gasteiger partial charge on any atom is 0.267 e. The average Bonchev–Trinajstić information content (AvgIpc) is 3.45. The molecule has 0 bridgehead atoms. The van der Waals surface area contributed by atoms with E-state index in [1.165, 1.54) is 30.3 Å². The highest BCUT2D eigenvalue weighted by molar-refractivity contribution is 8.18. The largest absolute Gasteiger partial charge is 0.308 e. The second kappa shape index (κ2) is 10.3. The van der Waals surface area contributed by atoms with Gasteiger partial charge in [-0.25, -0.2) is 9.38 Å². The first-order valence-corrected chi connectivity index (χ1v) is 14.2. The molecule has 5 nitrogen and oxygen atoms in total. The first-order chi connectivity index (χ1) is 17.8. The van der Waals surface area contributed by atoms with Crippen molar-refractivity contribution in [3.8, 4) is 11.1 Å². The zero-order valence-corrected chi connectivity index (χ0v) is 23.1. The number of thioether (sulfide) groups is 1. The van der Waals surface area contributed by atoms with E-state index in [9.17, 15) is 14.4 Å². The van der Waals surface area contributed by atoms with Gasteiger partial charge in [0.25, 0.3) is 5.91 Å². The highest BCUT2D eigenvalue weighted by atomic mass is 32.2. The number of amides is 1. The summed E-state index contributed by atoms with van der Waals surface area (Å²) in [7, 11) is 0. The van der Waals surface area contributed by atoms with Gasteiger partial charge in [-0.3, -0.25) is 9.69 Å². The lowest BCUT2D eigenvalue weighted by Gasteiger charge is -2.30. The van der Waals surface area contributed by atoms with Crippen molar-refractivity contribution >= 4 is 45.9 Å². The van der Waals surface area contributed by atoms with Crippen LogP contribution in [-0.4, -0.2) is 26.6 Å². The van der Waals surface area contributed by atoms with Crippen LogP contribution in [-0.2, 0) is 4.79 Å². The van der Waals surface area contributed by atoms with Gasteiger partial charge in [-0.2, -0.15) is 5.26 Å². The summed E-state index contributed by atoms with van der Waals surface area (Å²) in [5.74, 6) is -0.335. The fraction of sp³-hybridized carbons (Fsp3) is 0.345. The first-order valence-electron chi connectivity index (χ1n) is 12.5. The van der Waals surface area contributed by atoms with Crippen molar-refractivity contribution in [2.24, 2.45) is 4.99 Å². The Kier molecular flexibility index (Phi) is 7.11. The number of nitrogens with zero attached hydrogens (tertiary/aromatic N) is 4. The average molecular weight is 533 g/mol. The van der Waals surface area contributed by atoms with Gasteiger partial charge in [0, 0.05) is 22.3 Å². The van der Waals surface area contributed by atoms with E-state index in [1.54, 1.807) is 23.5 Å². The van der Waals surface area contributed by atoms with Gasteiger partial charge < -0.3 is 4.57 Å². The highest BCUT2D eigenvalue weighted by Crippen LogP contribution is 2.40. The third-order valence-corrected chi connectivity index (χ3v) is 9.44. The zero-order valence-electron chi connectivity index (χ0n) is 21.5. The second-order valence-electron chi connectivity index (χ2n) is 9.69. The Balaban J connectivity index is 1.55. The molecule has 1 aliphatic carbocycles. The number of nitriles is 1. The lowest BCUT2D eigenvalue weighted by atomic mass is 9.94. The van der Waals surface area contributed by atoms with Crippen LogP contribution in [0.2, 0.25) is 0 Å². The molecular weight excluding hydrogens is 503 g/mol. The topological polar surface area (TPSA) is 61.4 Å². The molecule has 1 aliphatic heterocycles. The normalized spacial score (nSPS) is 18.8. The summed E-state index contributed by atoms with van der Waals surface area (Å²) in [5, 5.41) is 11.4. The van der Waals surface area contributed by atoms with Crippen molar-refractivity contribution in [2.45, 2.75) is 65.8 Å². The Morgan fingerprint density at radius 1 is 1.11 bits per heavy atom. The van der Waals surface area contributed by atoms with Crippen LogP contribution >= 0.6 is 23.1 Å². The van der Waals surface area contributed by atoms with Crippen LogP contribution < -0.4 is 0 Å². The van der Waals surface area contributed by atoms with Crippen molar-refractivity contribution in [1.82, 2.24) is 9.47 Å². The molecule has 2 aromatic heterocycles. The molecule has 1 saturated carbocycles. The Labute approximate surface area is 225 Å². The van der Waals surface area contributed by atoms with E-state index >= 15 is 0 Å². The summed E-state index contributed by atoms with van der Waals surface area (Å²) in [4.78, 5) is 22.1. The smallest absolute Gasteiger partial charge is 0.267 e. The molecule has 5 rings (SSSR count). The molecular formula is C29H29FN4OS2. The Hall–Kier alpha value is -3.15. The van der Waals surface area contributed by atoms with Crippen LogP contribution in [0.1, 0.15) is 65.1 Å². The molecule has 0 spiro atoms. The van der Waals surface area contributed by atoms with Gasteiger partial charge in [0.2, 0.25) is 0 Å². The van der Waals surface area contributed by atoms with Crippen LogP contribution in [0.4, 0.5) is 10.1 Å². The molecule has 0 unspecified atom stereocenters. The molecule has 8 heteroatoms. The monoisotopic (exact) mass is 532 g/mol. The van der Waals surface area contributed by atoms with E-state index in [0.29, 0.717) is 21.3 Å². The van der Waals surface area contributed by atoms with Crippen molar-refractivity contribution in [3.05, 3.63) is 74.0 Å². The summed E-state index contributed by atoms with van der Waals surface area (Å²) in [6.45, 7) is 8.08. The van der Waals surface area contributed by atoms with E-state index in [-0.39, 0.29) is 17.8 Å². The van der Waals surface area contributed by atoms with E-state index in [0.717, 1.165) is 58.1 Å². The first kappa shape index (κ1) is 25.5. The fourth-order valence-corrected chi connectivity index (χ4v) is 7.41. The minimum atomic E-state index is -0.310. The quantitative estimate of drug-likeness (QED) is 0.323. The number of hydrogen-bond donors (Lipinski definition) is 0. The van der Waals surface area contributed by atoms with Gasteiger partial charge in [-0.1, -0.05) is 19.3 Å². The molecule has 3 heterocycles. The maximum absolute atomic E-state index is 13.7. The second-order valence-corrected chi connectivity index (χ2v) is 11.9. The number of halogens is 1. The van der Waals surface area contributed by atoms with E-state index in [2.05, 4.69) is 16.7 Å². The fourth-order valence-electron chi connectivity index (χ4n) is 5.14. The number of rotatable bonds is 4. The molecule has 0 radical (unpaired) electrons. The summed E-state index contributed by atoms with van der Waals surface area (Å²) in [6, 6.07) is 10.6. The SMILES string of the molecule is Cc1sc(-n2c(C)cc(/C=C3/SC(=Nc4ccc(F)cc4)N(C4CCCCC4)C3=O)c2C)c(C#N)c1C. The number of amidine groups is 1. The molecule has 1 aromatic carbocycles. The lowest BCUT2D eigenvalue weighted by molar-refractivity contribution is -0.124. The summed E-state index contributed by atoms with van der Waals surface area (Å²) in [6.07, 6.45) is 7.27. The molecule has 2 fully saturated rings. The molecule has 37 heavy (non-hydrogen) atoms. The van der Waals surface area contributed by atoms with Gasteiger partial charge in [-0.05, 0) is 99.8 Å². The van der Waals surface area contributed by atoms with Crippen molar-refractivity contribution in [3.63, 3.8) is 0 Å². The molecule has 2 aliphatic rings. The summed E-state index contributed by atoms with van der Waals surface area (Å²) in [5.41, 5.74) is 5.30. The summed E-state index contributed by atoms with van der Waals surface area (Å²) >= 11 is 3.00. The summed E-state index contributed by atoms with van der Waals surface area (Å²) < 4.78 is 15.6. The van der Waals surface area contributed by atoms with Crippen LogP contribution in [0.15, 0.2) is 40.2 Å². The number of benzene rings is 1. The molecule has 190 valence electrons. The van der Waals surface area contributed by atoms with Crippen molar-refractivity contribution in [2.75, 3.05) is 0 Å². The van der Waals surface area contributed by atoms with E-state index < -0.39 is 0 Å². The highest BCUT2D eigenvalue weighted by Gasteiger charge is 2.39. The van der Waals surface area contributed by atoms with Crippen LogP contribution in [0, 0.1) is 44.8 Å². The number of aryl methyl sites for hydroxylation is 2. The number of carbonyl (C=O) groups excluding carboxylic acids is 1. The number of aliphatic imine (C=N–C) groups is 1. The number of aromatic nitrogens is 1. The van der Waals surface area contributed by atoms with Crippen molar-refractivity contribution in [1.29, 1.82) is 5.26 Å². The third-order valence-electron chi connectivity index (χ3n) is 7.27. The number of carbonyl (C=O) groups is 1. The van der Waals surface area contributed by atoms with E-state index in [1.807, 2.05) is 38.7 Å². The van der Waals surface area contributed by atoms with Crippen LogP contribution in [0.5, 0.6) is 0 Å². The van der Waals surface area contributed by atoms with Gasteiger partial charge in [0.05, 0.1) is 16.2 Å². The zero-order chi connectivity index (χ0) is 26.3. The maximum atomic E-state index is 13.7. The van der Waals surface area contributed by atoms with Gasteiger partial charge >= 0.3 is 0 Å². The Bertz CT molecular complexity index is 1470. The Morgan fingerprint density at radius 3 is 2.49 bits per heavy atom.